The van der Waals surface area contributed by atoms with Crippen molar-refractivity contribution in [1.29, 1.82) is 0 Å². The van der Waals surface area contributed by atoms with Gasteiger partial charge >= 0.3 is 0 Å². The molecule has 0 aliphatic rings. The van der Waals surface area contributed by atoms with Crippen LogP contribution in [0.25, 0.3) is 0 Å². The highest BCUT2D eigenvalue weighted by Crippen LogP contribution is 1.95. The standard InChI is InChI=1S/C8H12IN3O/c1-12-7(3-6-11-12)8(13)10-5-2-4-9/h3,6H,2,4-5H2,1H3,(H,10,13). The summed E-state index contributed by atoms with van der Waals surface area (Å²) in [5, 5.41) is 6.74. The van der Waals surface area contributed by atoms with Gasteiger partial charge in [-0.15, -0.1) is 0 Å². The number of halogens is 1. The minimum absolute atomic E-state index is 0.0511. The molecule has 1 aromatic rings. The molecule has 0 radical (unpaired) electrons. The van der Waals surface area contributed by atoms with Crippen LogP contribution in [0.5, 0.6) is 0 Å². The molecule has 0 saturated carbocycles. The van der Waals surface area contributed by atoms with Gasteiger partial charge in [0.2, 0.25) is 0 Å². The molecule has 0 spiro atoms. The van der Waals surface area contributed by atoms with Crippen LogP contribution in [0.15, 0.2) is 12.3 Å². The van der Waals surface area contributed by atoms with Crippen LogP contribution in [0.3, 0.4) is 0 Å². The predicted molar refractivity (Wildman–Crippen MR) is 59.0 cm³/mol. The predicted octanol–water partition coefficient (Wildman–Crippen LogP) is 0.975. The number of nitrogens with zero attached hydrogens (tertiary/aromatic N) is 2. The summed E-state index contributed by atoms with van der Waals surface area (Å²) >= 11 is 2.29. The van der Waals surface area contributed by atoms with Crippen LogP contribution in [0.2, 0.25) is 0 Å². The average Bonchev–Trinajstić information content (AvgIpc) is 2.52. The molecule has 0 bridgehead atoms. The van der Waals surface area contributed by atoms with Crippen LogP contribution in [-0.2, 0) is 7.05 Å². The first-order valence-electron chi connectivity index (χ1n) is 4.08. The van der Waals surface area contributed by atoms with Crippen molar-refractivity contribution in [3.63, 3.8) is 0 Å². The fraction of sp³-hybridized carbons (Fsp3) is 0.500. The number of amides is 1. The van der Waals surface area contributed by atoms with Crippen molar-refractivity contribution >= 4 is 28.5 Å². The number of carbonyl (C=O) groups excluding carboxylic acids is 1. The van der Waals surface area contributed by atoms with Crippen molar-refractivity contribution in [3.05, 3.63) is 18.0 Å². The summed E-state index contributed by atoms with van der Waals surface area (Å²) in [6.45, 7) is 0.729. The third kappa shape index (κ3) is 2.98. The zero-order valence-corrected chi connectivity index (χ0v) is 9.61. The summed E-state index contributed by atoms with van der Waals surface area (Å²) in [5.74, 6) is -0.0511. The van der Waals surface area contributed by atoms with E-state index in [1.54, 1.807) is 24.0 Å². The number of hydrogen-bond donors (Lipinski definition) is 1. The first-order valence-corrected chi connectivity index (χ1v) is 5.60. The van der Waals surface area contributed by atoms with E-state index in [9.17, 15) is 4.79 Å². The third-order valence-corrected chi connectivity index (χ3v) is 2.41. The van der Waals surface area contributed by atoms with Gasteiger partial charge in [0.05, 0.1) is 0 Å². The van der Waals surface area contributed by atoms with Crippen LogP contribution in [-0.4, -0.2) is 26.7 Å². The van der Waals surface area contributed by atoms with E-state index in [0.29, 0.717) is 5.69 Å². The molecule has 1 aromatic heterocycles. The fourth-order valence-electron chi connectivity index (χ4n) is 0.956. The Kier molecular flexibility index (Phi) is 4.20. The van der Waals surface area contributed by atoms with Crippen molar-refractivity contribution in [3.8, 4) is 0 Å². The monoisotopic (exact) mass is 293 g/mol. The maximum atomic E-state index is 11.4. The maximum Gasteiger partial charge on any atom is 0.269 e. The summed E-state index contributed by atoms with van der Waals surface area (Å²) < 4.78 is 2.63. The molecule has 1 amide bonds. The van der Waals surface area contributed by atoms with Gasteiger partial charge < -0.3 is 5.32 Å². The molecule has 1 N–H and O–H groups in total. The highest BCUT2D eigenvalue weighted by Gasteiger charge is 2.07. The Hall–Kier alpha value is -0.590. The molecule has 0 fully saturated rings. The molecule has 13 heavy (non-hydrogen) atoms. The second-order valence-corrected chi connectivity index (χ2v) is 3.72. The van der Waals surface area contributed by atoms with Crippen molar-refractivity contribution in [2.24, 2.45) is 7.05 Å². The number of nitrogens with one attached hydrogen (secondary N) is 1. The van der Waals surface area contributed by atoms with E-state index in [0.717, 1.165) is 17.4 Å². The second kappa shape index (κ2) is 5.21. The molecular formula is C8H12IN3O. The van der Waals surface area contributed by atoms with E-state index in [1.807, 2.05) is 0 Å². The largest absolute Gasteiger partial charge is 0.351 e. The first-order chi connectivity index (χ1) is 6.25. The molecule has 1 heterocycles. The van der Waals surface area contributed by atoms with E-state index >= 15 is 0 Å². The molecule has 5 heteroatoms. The first kappa shape index (κ1) is 10.5. The SMILES string of the molecule is Cn1nccc1C(=O)NCCCI. The lowest BCUT2D eigenvalue weighted by Gasteiger charge is -2.03. The van der Waals surface area contributed by atoms with Gasteiger partial charge in [-0.25, -0.2) is 0 Å². The van der Waals surface area contributed by atoms with Crippen molar-refractivity contribution in [1.82, 2.24) is 15.1 Å². The topological polar surface area (TPSA) is 46.9 Å². The van der Waals surface area contributed by atoms with Crippen molar-refractivity contribution in [2.75, 3.05) is 11.0 Å². The maximum absolute atomic E-state index is 11.4. The lowest BCUT2D eigenvalue weighted by atomic mass is 10.4. The Morgan fingerprint density at radius 2 is 2.54 bits per heavy atom. The summed E-state index contributed by atoms with van der Waals surface area (Å²) in [4.78, 5) is 11.4. The normalized spacial score (nSPS) is 10.0. The zero-order chi connectivity index (χ0) is 9.68. The van der Waals surface area contributed by atoms with E-state index in [-0.39, 0.29) is 5.91 Å². The van der Waals surface area contributed by atoms with Crippen molar-refractivity contribution in [2.45, 2.75) is 6.42 Å². The van der Waals surface area contributed by atoms with Gasteiger partial charge in [0, 0.05) is 24.2 Å². The Morgan fingerprint density at radius 3 is 3.08 bits per heavy atom. The van der Waals surface area contributed by atoms with E-state index in [2.05, 4.69) is 33.0 Å². The number of aryl methyl sites for hydroxylation is 1. The lowest BCUT2D eigenvalue weighted by Crippen LogP contribution is -2.26. The van der Waals surface area contributed by atoms with Gasteiger partial charge in [-0.05, 0) is 12.5 Å². The smallest absolute Gasteiger partial charge is 0.269 e. The Bertz CT molecular complexity index is 285. The molecule has 72 valence electrons. The van der Waals surface area contributed by atoms with Crippen LogP contribution < -0.4 is 5.32 Å². The van der Waals surface area contributed by atoms with Gasteiger partial charge in [0.25, 0.3) is 5.91 Å². The van der Waals surface area contributed by atoms with E-state index < -0.39 is 0 Å². The summed E-state index contributed by atoms with van der Waals surface area (Å²) in [6.07, 6.45) is 2.62. The summed E-state index contributed by atoms with van der Waals surface area (Å²) in [6, 6.07) is 1.71. The minimum Gasteiger partial charge on any atom is -0.351 e. The minimum atomic E-state index is -0.0511. The van der Waals surface area contributed by atoms with Gasteiger partial charge in [0.1, 0.15) is 5.69 Å². The Balaban J connectivity index is 2.45. The van der Waals surface area contributed by atoms with Gasteiger partial charge in [-0.1, -0.05) is 22.6 Å². The molecule has 4 nitrogen and oxygen atoms in total. The summed E-state index contributed by atoms with van der Waals surface area (Å²) in [5.41, 5.74) is 0.605. The van der Waals surface area contributed by atoms with Crippen LogP contribution in [0, 0.1) is 0 Å². The van der Waals surface area contributed by atoms with Gasteiger partial charge in [-0.2, -0.15) is 5.10 Å². The molecule has 0 aliphatic carbocycles. The number of alkyl halides is 1. The molecule has 0 saturated heterocycles. The van der Waals surface area contributed by atoms with Crippen molar-refractivity contribution < 1.29 is 4.79 Å². The fourth-order valence-corrected chi connectivity index (χ4v) is 1.34. The number of carbonyl (C=O) groups is 1. The van der Waals surface area contributed by atoms with Crippen LogP contribution in [0.1, 0.15) is 16.9 Å². The Labute approximate surface area is 90.8 Å². The quantitative estimate of drug-likeness (QED) is 0.511. The zero-order valence-electron chi connectivity index (χ0n) is 7.46. The molecule has 0 aliphatic heterocycles. The van der Waals surface area contributed by atoms with Gasteiger partial charge in [0.15, 0.2) is 0 Å². The van der Waals surface area contributed by atoms with E-state index in [1.165, 1.54) is 0 Å². The average molecular weight is 293 g/mol. The molecule has 0 unspecified atom stereocenters. The Morgan fingerprint density at radius 1 is 1.77 bits per heavy atom. The molecule has 0 aromatic carbocycles. The second-order valence-electron chi connectivity index (χ2n) is 2.64. The summed E-state index contributed by atoms with van der Waals surface area (Å²) in [7, 11) is 1.76. The van der Waals surface area contributed by atoms with Crippen LogP contribution in [0.4, 0.5) is 0 Å². The van der Waals surface area contributed by atoms with Gasteiger partial charge in [-0.3, -0.25) is 9.48 Å². The lowest BCUT2D eigenvalue weighted by molar-refractivity contribution is 0.0944. The molecule has 0 atom stereocenters. The van der Waals surface area contributed by atoms with E-state index in [4.69, 9.17) is 0 Å². The third-order valence-electron chi connectivity index (χ3n) is 1.65. The van der Waals surface area contributed by atoms with Crippen LogP contribution >= 0.6 is 22.6 Å². The molecular weight excluding hydrogens is 281 g/mol. The number of aromatic nitrogens is 2. The number of hydrogen-bond acceptors (Lipinski definition) is 2. The number of rotatable bonds is 4. The highest BCUT2D eigenvalue weighted by molar-refractivity contribution is 14.1. The highest BCUT2D eigenvalue weighted by atomic mass is 127. The molecule has 1 rings (SSSR count).